The van der Waals surface area contributed by atoms with Crippen molar-refractivity contribution in [2.45, 2.75) is 0 Å². The molecule has 34 heavy (non-hydrogen) atoms. The molecular formula is C26H23N3O5. The predicted molar refractivity (Wildman–Crippen MR) is 128 cm³/mol. The maximum Gasteiger partial charge on any atom is 0.337 e. The van der Waals surface area contributed by atoms with Crippen molar-refractivity contribution in [2.24, 2.45) is 0 Å². The number of ether oxygens (including phenoxy) is 3. The fourth-order valence-corrected chi connectivity index (χ4v) is 3.46. The summed E-state index contributed by atoms with van der Waals surface area (Å²) in [6.07, 6.45) is 1.67. The smallest absolute Gasteiger partial charge is 0.337 e. The molecule has 0 bridgehead atoms. The Labute approximate surface area is 196 Å². The summed E-state index contributed by atoms with van der Waals surface area (Å²) in [5.74, 6) is 0.340. The molecule has 0 radical (unpaired) electrons. The van der Waals surface area contributed by atoms with Crippen LogP contribution in [0.4, 0.5) is 5.69 Å². The van der Waals surface area contributed by atoms with Crippen molar-refractivity contribution < 1.29 is 23.8 Å². The second-order valence-corrected chi connectivity index (χ2v) is 7.26. The fourth-order valence-electron chi connectivity index (χ4n) is 3.46. The number of nitrogens with zero attached hydrogens (tertiary/aromatic N) is 2. The SMILES string of the molecule is COC(=O)c1ccc(NC(=O)c2cn(-c3ccccc3)nc2-c2cc(OC)ccc2OC)cc1. The van der Waals surface area contributed by atoms with E-state index in [0.29, 0.717) is 39.6 Å². The summed E-state index contributed by atoms with van der Waals surface area (Å²) in [7, 11) is 4.44. The van der Waals surface area contributed by atoms with Gasteiger partial charge in [-0.1, -0.05) is 18.2 Å². The van der Waals surface area contributed by atoms with E-state index >= 15 is 0 Å². The monoisotopic (exact) mass is 457 g/mol. The molecular weight excluding hydrogens is 434 g/mol. The number of anilines is 1. The molecule has 1 aromatic heterocycles. The Kier molecular flexibility index (Phi) is 6.59. The topological polar surface area (TPSA) is 91.7 Å². The minimum absolute atomic E-state index is 0.340. The van der Waals surface area contributed by atoms with E-state index < -0.39 is 5.97 Å². The molecule has 3 aromatic carbocycles. The zero-order chi connectivity index (χ0) is 24.1. The van der Waals surface area contributed by atoms with Gasteiger partial charge in [0, 0.05) is 17.4 Å². The molecule has 0 aliphatic carbocycles. The Morgan fingerprint density at radius 1 is 0.882 bits per heavy atom. The van der Waals surface area contributed by atoms with Crippen molar-refractivity contribution >= 4 is 17.6 Å². The quantitative estimate of drug-likeness (QED) is 0.408. The highest BCUT2D eigenvalue weighted by Gasteiger charge is 2.22. The Balaban J connectivity index is 1.76. The second-order valence-electron chi connectivity index (χ2n) is 7.26. The largest absolute Gasteiger partial charge is 0.497 e. The van der Waals surface area contributed by atoms with Crippen LogP contribution in [0.25, 0.3) is 16.9 Å². The van der Waals surface area contributed by atoms with E-state index in [-0.39, 0.29) is 5.91 Å². The van der Waals surface area contributed by atoms with Crippen molar-refractivity contribution in [1.29, 1.82) is 0 Å². The number of nitrogens with one attached hydrogen (secondary N) is 1. The van der Waals surface area contributed by atoms with Gasteiger partial charge in [0.25, 0.3) is 5.91 Å². The molecule has 0 saturated carbocycles. The van der Waals surface area contributed by atoms with Crippen LogP contribution < -0.4 is 14.8 Å². The molecule has 0 aliphatic rings. The van der Waals surface area contributed by atoms with Crippen LogP contribution in [0.5, 0.6) is 11.5 Å². The number of para-hydroxylation sites is 1. The molecule has 1 heterocycles. The van der Waals surface area contributed by atoms with Gasteiger partial charge in [-0.2, -0.15) is 5.10 Å². The van der Waals surface area contributed by atoms with Gasteiger partial charge in [0.05, 0.1) is 38.1 Å². The number of rotatable bonds is 7. The summed E-state index contributed by atoms with van der Waals surface area (Å²) in [4.78, 5) is 25.0. The van der Waals surface area contributed by atoms with Crippen molar-refractivity contribution in [1.82, 2.24) is 9.78 Å². The number of amides is 1. The van der Waals surface area contributed by atoms with Crippen LogP contribution in [0.15, 0.2) is 79.0 Å². The second kappa shape index (κ2) is 9.91. The molecule has 0 saturated heterocycles. The predicted octanol–water partition coefficient (Wildman–Crippen LogP) is 4.60. The van der Waals surface area contributed by atoms with E-state index in [0.717, 1.165) is 5.69 Å². The van der Waals surface area contributed by atoms with Gasteiger partial charge >= 0.3 is 5.97 Å². The normalized spacial score (nSPS) is 10.4. The van der Waals surface area contributed by atoms with Crippen LogP contribution >= 0.6 is 0 Å². The molecule has 0 spiro atoms. The molecule has 0 aliphatic heterocycles. The summed E-state index contributed by atoms with van der Waals surface area (Å²) in [5, 5.41) is 7.57. The zero-order valence-corrected chi connectivity index (χ0v) is 18.9. The third-order valence-corrected chi connectivity index (χ3v) is 5.21. The van der Waals surface area contributed by atoms with Gasteiger partial charge < -0.3 is 19.5 Å². The number of benzene rings is 3. The lowest BCUT2D eigenvalue weighted by Crippen LogP contribution is -2.12. The average molecular weight is 457 g/mol. The number of hydrogen-bond acceptors (Lipinski definition) is 6. The lowest BCUT2D eigenvalue weighted by atomic mass is 10.1. The van der Waals surface area contributed by atoms with Gasteiger partial charge in [-0.3, -0.25) is 4.79 Å². The van der Waals surface area contributed by atoms with Gasteiger partial charge in [-0.25, -0.2) is 9.48 Å². The highest BCUT2D eigenvalue weighted by Crippen LogP contribution is 2.35. The maximum atomic E-state index is 13.4. The van der Waals surface area contributed by atoms with Crippen LogP contribution in [0.2, 0.25) is 0 Å². The van der Waals surface area contributed by atoms with E-state index in [9.17, 15) is 9.59 Å². The summed E-state index contributed by atoms with van der Waals surface area (Å²) in [6.45, 7) is 0. The number of aromatic nitrogens is 2. The molecule has 0 atom stereocenters. The third kappa shape index (κ3) is 4.61. The fraction of sp³-hybridized carbons (Fsp3) is 0.115. The zero-order valence-electron chi connectivity index (χ0n) is 18.9. The van der Waals surface area contributed by atoms with Crippen LogP contribution in [-0.2, 0) is 4.74 Å². The van der Waals surface area contributed by atoms with Gasteiger partial charge in [0.15, 0.2) is 0 Å². The van der Waals surface area contributed by atoms with E-state index in [1.54, 1.807) is 67.6 Å². The Hall–Kier alpha value is -4.59. The Bertz CT molecular complexity index is 1310. The van der Waals surface area contributed by atoms with Gasteiger partial charge in [-0.15, -0.1) is 0 Å². The van der Waals surface area contributed by atoms with Crippen molar-refractivity contribution in [2.75, 3.05) is 26.6 Å². The summed E-state index contributed by atoms with van der Waals surface area (Å²) >= 11 is 0. The number of carbonyl (C=O) groups is 2. The first-order valence-electron chi connectivity index (χ1n) is 10.4. The number of carbonyl (C=O) groups excluding carboxylic acids is 2. The molecule has 172 valence electrons. The molecule has 8 heteroatoms. The van der Waals surface area contributed by atoms with Crippen molar-refractivity contribution in [3.63, 3.8) is 0 Å². The highest BCUT2D eigenvalue weighted by atomic mass is 16.5. The maximum absolute atomic E-state index is 13.4. The lowest BCUT2D eigenvalue weighted by Gasteiger charge is -2.11. The first kappa shape index (κ1) is 22.6. The first-order valence-corrected chi connectivity index (χ1v) is 10.4. The molecule has 0 unspecified atom stereocenters. The summed E-state index contributed by atoms with van der Waals surface area (Å²) < 4.78 is 17.3. The minimum Gasteiger partial charge on any atom is -0.497 e. The van der Waals surface area contributed by atoms with Crippen LogP contribution in [-0.4, -0.2) is 43.0 Å². The van der Waals surface area contributed by atoms with E-state index in [1.165, 1.54) is 7.11 Å². The first-order chi connectivity index (χ1) is 16.5. The molecule has 4 rings (SSSR count). The summed E-state index contributed by atoms with van der Waals surface area (Å²) in [6, 6.07) is 21.2. The van der Waals surface area contributed by atoms with Gasteiger partial charge in [0.2, 0.25) is 0 Å². The highest BCUT2D eigenvalue weighted by molar-refractivity contribution is 6.08. The van der Waals surface area contributed by atoms with E-state index in [4.69, 9.17) is 19.3 Å². The average Bonchev–Trinajstić information content (AvgIpc) is 3.34. The number of hydrogen-bond donors (Lipinski definition) is 1. The van der Waals surface area contributed by atoms with Crippen LogP contribution in [0.1, 0.15) is 20.7 Å². The Morgan fingerprint density at radius 3 is 2.26 bits per heavy atom. The molecule has 1 amide bonds. The van der Waals surface area contributed by atoms with Crippen LogP contribution in [0, 0.1) is 0 Å². The molecule has 1 N–H and O–H groups in total. The molecule has 4 aromatic rings. The van der Waals surface area contributed by atoms with Gasteiger partial charge in [0.1, 0.15) is 17.2 Å². The molecule has 8 nitrogen and oxygen atoms in total. The van der Waals surface area contributed by atoms with Crippen LogP contribution in [0.3, 0.4) is 0 Å². The number of esters is 1. The standard InChI is InChI=1S/C26H23N3O5/c1-32-20-13-14-23(33-2)21(15-20)24-22(16-29(28-24)19-7-5-4-6-8-19)25(30)27-18-11-9-17(10-12-18)26(31)34-3/h4-16H,1-3H3,(H,27,30). The van der Waals surface area contributed by atoms with Gasteiger partial charge in [-0.05, 0) is 54.6 Å². The summed E-state index contributed by atoms with van der Waals surface area (Å²) in [5.41, 5.74) is 3.10. The lowest BCUT2D eigenvalue weighted by molar-refractivity contribution is 0.0600. The van der Waals surface area contributed by atoms with Crippen molar-refractivity contribution in [3.8, 4) is 28.4 Å². The third-order valence-electron chi connectivity index (χ3n) is 5.21. The van der Waals surface area contributed by atoms with E-state index in [2.05, 4.69) is 5.32 Å². The van der Waals surface area contributed by atoms with Crippen molar-refractivity contribution in [3.05, 3.63) is 90.1 Å². The van der Waals surface area contributed by atoms with E-state index in [1.807, 2.05) is 30.3 Å². The molecule has 0 fully saturated rings. The number of methoxy groups -OCH3 is 3. The minimum atomic E-state index is -0.450. The Morgan fingerprint density at radius 2 is 1.62 bits per heavy atom.